The average molecular weight is 365 g/mol. The summed E-state index contributed by atoms with van der Waals surface area (Å²) in [6.07, 6.45) is -0.571. The second kappa shape index (κ2) is 7.11. The maximum Gasteiger partial charge on any atom is 0.326 e. The first kappa shape index (κ1) is 17.0. The lowest BCUT2D eigenvalue weighted by atomic mass is 10.1. The van der Waals surface area contributed by atoms with E-state index in [4.69, 9.17) is 10.8 Å². The number of hydrogen-bond acceptors (Lipinski definition) is 3. The molecule has 0 aliphatic carbocycles. The summed E-state index contributed by atoms with van der Waals surface area (Å²) in [6.45, 7) is 0. The second-order valence-electron chi connectivity index (χ2n) is 4.11. The number of benzene rings is 1. The molecule has 0 unspecified atom stereocenters. The summed E-state index contributed by atoms with van der Waals surface area (Å²) < 4.78 is 27.2. The summed E-state index contributed by atoms with van der Waals surface area (Å²) in [5.74, 6) is -5.70. The van der Waals surface area contributed by atoms with Crippen LogP contribution in [0.25, 0.3) is 0 Å². The van der Waals surface area contributed by atoms with Crippen LogP contribution in [0.4, 0.5) is 8.78 Å². The number of carbonyl (C=O) groups is 3. The minimum atomic E-state index is -1.48. The molecule has 0 heterocycles. The Kier molecular flexibility index (Phi) is 5.77. The number of carboxylic acid groups (broad SMARTS) is 1. The monoisotopic (exact) mass is 364 g/mol. The number of primary amides is 1. The summed E-state index contributed by atoms with van der Waals surface area (Å²) >= 11 is 2.85. The van der Waals surface area contributed by atoms with Crippen molar-refractivity contribution >= 4 is 33.7 Å². The van der Waals surface area contributed by atoms with E-state index in [1.807, 2.05) is 5.32 Å². The number of carbonyl (C=O) groups excluding carboxylic acids is 2. The van der Waals surface area contributed by atoms with Crippen molar-refractivity contribution in [1.82, 2.24) is 5.32 Å². The molecule has 0 fully saturated rings. The van der Waals surface area contributed by atoms with Crippen LogP contribution in [-0.2, 0) is 9.59 Å². The number of rotatable bonds is 6. The van der Waals surface area contributed by atoms with E-state index in [-0.39, 0.29) is 17.3 Å². The summed E-state index contributed by atoms with van der Waals surface area (Å²) in [5, 5.41) is 10.9. The Labute approximate surface area is 126 Å². The fraction of sp³-hybridized carbons (Fsp3) is 0.250. The molecule has 9 heteroatoms. The van der Waals surface area contributed by atoms with Crippen molar-refractivity contribution in [3.05, 3.63) is 33.8 Å². The Hall–Kier alpha value is -2.03. The first-order valence-corrected chi connectivity index (χ1v) is 6.48. The topological polar surface area (TPSA) is 109 Å². The van der Waals surface area contributed by atoms with Gasteiger partial charge in [0.25, 0.3) is 5.91 Å². The van der Waals surface area contributed by atoms with Gasteiger partial charge in [0.05, 0.1) is 0 Å². The summed E-state index contributed by atoms with van der Waals surface area (Å²) in [5.41, 5.74) is 3.98. The molecule has 1 rings (SSSR count). The van der Waals surface area contributed by atoms with E-state index in [2.05, 4.69) is 15.9 Å². The summed E-state index contributed by atoms with van der Waals surface area (Å²) in [7, 11) is 0. The number of nitrogens with one attached hydrogen (secondary N) is 1. The largest absolute Gasteiger partial charge is 0.480 e. The molecule has 1 atom stereocenters. The second-order valence-corrected chi connectivity index (χ2v) is 5.03. The van der Waals surface area contributed by atoms with Crippen LogP contribution in [0.5, 0.6) is 0 Å². The van der Waals surface area contributed by atoms with Gasteiger partial charge < -0.3 is 16.2 Å². The van der Waals surface area contributed by atoms with Gasteiger partial charge in [0, 0.05) is 10.9 Å². The van der Waals surface area contributed by atoms with Crippen molar-refractivity contribution < 1.29 is 28.3 Å². The van der Waals surface area contributed by atoms with Gasteiger partial charge in [-0.25, -0.2) is 13.6 Å². The molecule has 0 aliphatic rings. The first-order valence-electron chi connectivity index (χ1n) is 5.69. The molecule has 0 saturated carbocycles. The third-order valence-electron chi connectivity index (χ3n) is 2.52. The fourth-order valence-electron chi connectivity index (χ4n) is 1.53. The van der Waals surface area contributed by atoms with Crippen LogP contribution in [0.3, 0.4) is 0 Å². The van der Waals surface area contributed by atoms with Crippen molar-refractivity contribution in [2.75, 3.05) is 0 Å². The highest BCUT2D eigenvalue weighted by Gasteiger charge is 2.25. The lowest BCUT2D eigenvalue weighted by Crippen LogP contribution is -2.42. The van der Waals surface area contributed by atoms with Gasteiger partial charge in [0.15, 0.2) is 0 Å². The van der Waals surface area contributed by atoms with Crippen molar-refractivity contribution in [2.24, 2.45) is 5.73 Å². The summed E-state index contributed by atoms with van der Waals surface area (Å²) in [4.78, 5) is 33.3. The normalized spacial score (nSPS) is 11.8. The van der Waals surface area contributed by atoms with Gasteiger partial charge in [-0.2, -0.15) is 0 Å². The molecule has 0 aliphatic heterocycles. The molecule has 0 saturated heterocycles. The van der Waals surface area contributed by atoms with E-state index >= 15 is 0 Å². The lowest BCUT2D eigenvalue weighted by molar-refractivity contribution is -0.139. The van der Waals surface area contributed by atoms with Gasteiger partial charge in [-0.3, -0.25) is 9.59 Å². The molecule has 114 valence electrons. The quantitative estimate of drug-likeness (QED) is 0.703. The van der Waals surface area contributed by atoms with E-state index in [9.17, 15) is 23.2 Å². The minimum absolute atomic E-state index is 0.0950. The molecule has 0 aromatic heterocycles. The Balaban J connectivity index is 2.92. The van der Waals surface area contributed by atoms with Crippen LogP contribution >= 0.6 is 15.9 Å². The van der Waals surface area contributed by atoms with Crippen molar-refractivity contribution in [3.63, 3.8) is 0 Å². The molecule has 1 aromatic rings. The highest BCUT2D eigenvalue weighted by Crippen LogP contribution is 2.19. The number of aliphatic carboxylic acids is 1. The molecule has 1 aromatic carbocycles. The van der Waals surface area contributed by atoms with Crippen LogP contribution in [-0.4, -0.2) is 28.9 Å². The van der Waals surface area contributed by atoms with Gasteiger partial charge in [-0.15, -0.1) is 0 Å². The number of carboxylic acids is 1. The van der Waals surface area contributed by atoms with Crippen molar-refractivity contribution in [3.8, 4) is 0 Å². The molecule has 2 amide bonds. The first-order chi connectivity index (χ1) is 9.72. The van der Waals surface area contributed by atoms with Gasteiger partial charge in [0.1, 0.15) is 23.2 Å². The van der Waals surface area contributed by atoms with Crippen LogP contribution in [0.1, 0.15) is 23.2 Å². The average Bonchev–Trinajstić information content (AvgIpc) is 2.32. The number of amides is 2. The van der Waals surface area contributed by atoms with Crippen LogP contribution in [0.2, 0.25) is 0 Å². The van der Waals surface area contributed by atoms with Crippen molar-refractivity contribution in [1.29, 1.82) is 0 Å². The Morgan fingerprint density at radius 1 is 1.29 bits per heavy atom. The maximum atomic E-state index is 13.6. The van der Waals surface area contributed by atoms with Gasteiger partial charge >= 0.3 is 5.97 Å². The predicted molar refractivity (Wildman–Crippen MR) is 71.4 cm³/mol. The van der Waals surface area contributed by atoms with Gasteiger partial charge in [0.2, 0.25) is 5.91 Å². The lowest BCUT2D eigenvalue weighted by Gasteiger charge is -2.14. The van der Waals surface area contributed by atoms with Crippen LogP contribution in [0.15, 0.2) is 16.6 Å². The van der Waals surface area contributed by atoms with E-state index in [1.54, 1.807) is 0 Å². The number of halogens is 3. The molecule has 0 radical (unpaired) electrons. The molecule has 6 nitrogen and oxygen atoms in total. The fourth-order valence-corrected chi connectivity index (χ4v) is 1.94. The van der Waals surface area contributed by atoms with E-state index in [1.165, 1.54) is 0 Å². The van der Waals surface area contributed by atoms with Crippen LogP contribution < -0.4 is 11.1 Å². The molecular weight excluding hydrogens is 354 g/mol. The smallest absolute Gasteiger partial charge is 0.326 e. The van der Waals surface area contributed by atoms with Gasteiger partial charge in [-0.1, -0.05) is 15.9 Å². The standard InChI is InChI=1S/C12H11BrF2N2O4/c13-5-3-6(14)10(7(15)4-5)11(19)17-8(12(20)21)1-2-9(16)18/h3-4,8H,1-2H2,(H2,16,18)(H,17,19)(H,20,21)/t8-/m0/s1. The number of nitrogens with two attached hydrogens (primary N) is 1. The summed E-state index contributed by atoms with van der Waals surface area (Å²) in [6, 6.07) is 0.265. The van der Waals surface area contributed by atoms with E-state index in [0.29, 0.717) is 0 Å². The molecule has 4 N–H and O–H groups in total. The molecule has 0 spiro atoms. The van der Waals surface area contributed by atoms with E-state index in [0.717, 1.165) is 12.1 Å². The maximum absolute atomic E-state index is 13.6. The van der Waals surface area contributed by atoms with Gasteiger partial charge in [-0.05, 0) is 18.6 Å². The highest BCUT2D eigenvalue weighted by molar-refractivity contribution is 9.10. The molecular formula is C12H11BrF2N2O4. The minimum Gasteiger partial charge on any atom is -0.480 e. The third kappa shape index (κ3) is 4.78. The SMILES string of the molecule is NC(=O)CC[C@H](NC(=O)c1c(F)cc(Br)cc1F)C(=O)O. The zero-order chi connectivity index (χ0) is 16.2. The number of hydrogen-bond donors (Lipinski definition) is 3. The zero-order valence-electron chi connectivity index (χ0n) is 10.5. The van der Waals surface area contributed by atoms with Crippen molar-refractivity contribution in [2.45, 2.75) is 18.9 Å². The Morgan fingerprint density at radius 3 is 2.24 bits per heavy atom. The molecule has 21 heavy (non-hydrogen) atoms. The Morgan fingerprint density at radius 2 is 1.81 bits per heavy atom. The van der Waals surface area contributed by atoms with Crippen LogP contribution in [0, 0.1) is 11.6 Å². The zero-order valence-corrected chi connectivity index (χ0v) is 12.1. The van der Waals surface area contributed by atoms with E-state index < -0.39 is 41.0 Å². The third-order valence-corrected chi connectivity index (χ3v) is 2.97. The molecule has 0 bridgehead atoms. The predicted octanol–water partition coefficient (Wildman–Crippen LogP) is 1.18. The Bertz CT molecular complexity index is 572. The highest BCUT2D eigenvalue weighted by atomic mass is 79.9.